The van der Waals surface area contributed by atoms with Crippen LogP contribution in [-0.2, 0) is 11.3 Å². The summed E-state index contributed by atoms with van der Waals surface area (Å²) >= 11 is 0. The van der Waals surface area contributed by atoms with Crippen molar-refractivity contribution in [2.24, 2.45) is 0 Å². The predicted octanol–water partition coefficient (Wildman–Crippen LogP) is 1.11. The van der Waals surface area contributed by atoms with Crippen molar-refractivity contribution >= 4 is 0 Å². The van der Waals surface area contributed by atoms with Crippen molar-refractivity contribution < 1.29 is 4.74 Å². The van der Waals surface area contributed by atoms with Gasteiger partial charge in [0.2, 0.25) is 0 Å². The summed E-state index contributed by atoms with van der Waals surface area (Å²) in [6.07, 6.45) is 0. The van der Waals surface area contributed by atoms with Crippen molar-refractivity contribution in [3.8, 4) is 0 Å². The number of hydrogen-bond acceptors (Lipinski definition) is 3. The quantitative estimate of drug-likeness (QED) is 0.822. The molecule has 1 atom stereocenters. The summed E-state index contributed by atoms with van der Waals surface area (Å²) in [6.45, 7) is 4.75. The van der Waals surface area contributed by atoms with Crippen LogP contribution in [0.1, 0.15) is 5.56 Å². The maximum Gasteiger partial charge on any atom is 0.0717 e. The first kappa shape index (κ1) is 11.6. The summed E-state index contributed by atoms with van der Waals surface area (Å²) in [5.74, 6) is 0. The largest absolute Gasteiger partial charge is 0.375 e. The van der Waals surface area contributed by atoms with E-state index in [1.165, 1.54) is 5.56 Å². The SMILES string of the molecule is CN1CCNC[C@@H]1COCc1ccccc1. The molecule has 88 valence electrons. The van der Waals surface area contributed by atoms with Crippen LogP contribution in [0.2, 0.25) is 0 Å². The summed E-state index contributed by atoms with van der Waals surface area (Å²) in [5.41, 5.74) is 1.24. The maximum absolute atomic E-state index is 5.75. The first-order valence-electron chi connectivity index (χ1n) is 5.89. The lowest BCUT2D eigenvalue weighted by Gasteiger charge is -2.32. The minimum Gasteiger partial charge on any atom is -0.375 e. The highest BCUT2D eigenvalue weighted by atomic mass is 16.5. The van der Waals surface area contributed by atoms with E-state index in [9.17, 15) is 0 Å². The Kier molecular flexibility index (Phi) is 4.34. The number of benzene rings is 1. The lowest BCUT2D eigenvalue weighted by molar-refractivity contribution is 0.0505. The normalized spacial score (nSPS) is 22.2. The Bertz CT molecular complexity index is 302. The summed E-state index contributed by atoms with van der Waals surface area (Å²) in [7, 11) is 2.16. The van der Waals surface area contributed by atoms with E-state index in [2.05, 4.69) is 29.4 Å². The molecule has 1 aliphatic rings. The van der Waals surface area contributed by atoms with Gasteiger partial charge in [-0.2, -0.15) is 0 Å². The third-order valence-corrected chi connectivity index (χ3v) is 3.07. The highest BCUT2D eigenvalue weighted by Gasteiger charge is 2.18. The molecule has 1 aromatic carbocycles. The van der Waals surface area contributed by atoms with E-state index < -0.39 is 0 Å². The van der Waals surface area contributed by atoms with Crippen molar-refractivity contribution in [2.45, 2.75) is 12.6 Å². The number of hydrogen-bond donors (Lipinski definition) is 1. The molecule has 1 aliphatic heterocycles. The molecule has 16 heavy (non-hydrogen) atoms. The number of likely N-dealkylation sites (N-methyl/N-ethyl adjacent to an activating group) is 1. The molecule has 0 bridgehead atoms. The molecule has 0 aromatic heterocycles. The number of nitrogens with one attached hydrogen (secondary N) is 1. The number of ether oxygens (including phenoxy) is 1. The lowest BCUT2D eigenvalue weighted by atomic mass is 10.2. The Morgan fingerprint density at radius 1 is 1.38 bits per heavy atom. The van der Waals surface area contributed by atoms with Gasteiger partial charge in [-0.1, -0.05) is 30.3 Å². The van der Waals surface area contributed by atoms with E-state index in [-0.39, 0.29) is 0 Å². The minimum atomic E-state index is 0.512. The smallest absolute Gasteiger partial charge is 0.0717 e. The fourth-order valence-corrected chi connectivity index (χ4v) is 1.94. The topological polar surface area (TPSA) is 24.5 Å². The van der Waals surface area contributed by atoms with Gasteiger partial charge in [-0.3, -0.25) is 4.90 Å². The number of rotatable bonds is 4. The molecule has 1 aromatic rings. The molecule has 1 heterocycles. The van der Waals surface area contributed by atoms with Gasteiger partial charge in [-0.05, 0) is 12.6 Å². The second-order valence-electron chi connectivity index (χ2n) is 4.34. The van der Waals surface area contributed by atoms with Gasteiger partial charge >= 0.3 is 0 Å². The Morgan fingerprint density at radius 3 is 2.94 bits per heavy atom. The third-order valence-electron chi connectivity index (χ3n) is 3.07. The molecule has 0 amide bonds. The van der Waals surface area contributed by atoms with Gasteiger partial charge in [0, 0.05) is 25.7 Å². The van der Waals surface area contributed by atoms with Gasteiger partial charge in [0.1, 0.15) is 0 Å². The average molecular weight is 220 g/mol. The molecule has 3 heteroatoms. The number of nitrogens with zero attached hydrogens (tertiary/aromatic N) is 1. The van der Waals surface area contributed by atoms with Crippen LogP contribution in [0.4, 0.5) is 0 Å². The average Bonchev–Trinajstić information content (AvgIpc) is 2.33. The zero-order valence-corrected chi connectivity index (χ0v) is 9.86. The Morgan fingerprint density at radius 2 is 2.19 bits per heavy atom. The van der Waals surface area contributed by atoms with Crippen LogP contribution < -0.4 is 5.32 Å². The van der Waals surface area contributed by atoms with Crippen molar-refractivity contribution in [3.63, 3.8) is 0 Å². The van der Waals surface area contributed by atoms with Gasteiger partial charge in [0.15, 0.2) is 0 Å². The molecule has 0 aliphatic carbocycles. The maximum atomic E-state index is 5.75. The van der Waals surface area contributed by atoms with Crippen LogP contribution in [0.25, 0.3) is 0 Å². The first-order valence-corrected chi connectivity index (χ1v) is 5.89. The van der Waals surface area contributed by atoms with Gasteiger partial charge in [0.25, 0.3) is 0 Å². The highest BCUT2D eigenvalue weighted by Crippen LogP contribution is 2.04. The van der Waals surface area contributed by atoms with Gasteiger partial charge in [-0.25, -0.2) is 0 Å². The minimum absolute atomic E-state index is 0.512. The van der Waals surface area contributed by atoms with Gasteiger partial charge < -0.3 is 10.1 Å². The van der Waals surface area contributed by atoms with E-state index in [0.29, 0.717) is 12.6 Å². The van der Waals surface area contributed by atoms with Crippen molar-refractivity contribution in [3.05, 3.63) is 35.9 Å². The van der Waals surface area contributed by atoms with Crippen LogP contribution in [0.3, 0.4) is 0 Å². The Labute approximate surface area is 97.4 Å². The zero-order valence-electron chi connectivity index (χ0n) is 9.86. The van der Waals surface area contributed by atoms with Crippen LogP contribution in [-0.4, -0.2) is 44.2 Å². The first-order chi connectivity index (χ1) is 7.86. The Hall–Kier alpha value is -0.900. The molecule has 0 unspecified atom stereocenters. The van der Waals surface area contributed by atoms with Gasteiger partial charge in [-0.15, -0.1) is 0 Å². The monoisotopic (exact) mass is 220 g/mol. The summed E-state index contributed by atoms with van der Waals surface area (Å²) in [6, 6.07) is 10.8. The van der Waals surface area contributed by atoms with Crippen molar-refractivity contribution in [2.75, 3.05) is 33.3 Å². The molecular weight excluding hydrogens is 200 g/mol. The van der Waals surface area contributed by atoms with Crippen LogP contribution in [0, 0.1) is 0 Å². The van der Waals surface area contributed by atoms with Crippen molar-refractivity contribution in [1.29, 1.82) is 0 Å². The zero-order chi connectivity index (χ0) is 11.2. The summed E-state index contributed by atoms with van der Waals surface area (Å²) < 4.78 is 5.75. The van der Waals surface area contributed by atoms with E-state index in [1.54, 1.807) is 0 Å². The van der Waals surface area contributed by atoms with Crippen molar-refractivity contribution in [1.82, 2.24) is 10.2 Å². The van der Waals surface area contributed by atoms with E-state index in [4.69, 9.17) is 4.74 Å². The molecule has 2 rings (SSSR count). The standard InChI is InChI=1S/C13H20N2O/c1-15-8-7-14-9-13(15)11-16-10-12-5-3-2-4-6-12/h2-6,13-14H,7-11H2,1H3/t13-/m1/s1. The van der Waals surface area contributed by atoms with E-state index in [0.717, 1.165) is 26.2 Å². The molecule has 1 saturated heterocycles. The van der Waals surface area contributed by atoms with Crippen LogP contribution in [0.15, 0.2) is 30.3 Å². The predicted molar refractivity (Wildman–Crippen MR) is 65.4 cm³/mol. The fraction of sp³-hybridized carbons (Fsp3) is 0.538. The van der Waals surface area contributed by atoms with Crippen LogP contribution in [0.5, 0.6) is 0 Å². The van der Waals surface area contributed by atoms with E-state index >= 15 is 0 Å². The fourth-order valence-electron chi connectivity index (χ4n) is 1.94. The molecule has 3 nitrogen and oxygen atoms in total. The summed E-state index contributed by atoms with van der Waals surface area (Å²) in [4.78, 5) is 2.36. The Balaban J connectivity index is 1.71. The molecular formula is C13H20N2O. The van der Waals surface area contributed by atoms with Crippen LogP contribution >= 0.6 is 0 Å². The molecule has 0 saturated carbocycles. The van der Waals surface area contributed by atoms with E-state index in [1.807, 2.05) is 18.2 Å². The lowest BCUT2D eigenvalue weighted by Crippen LogP contribution is -2.51. The highest BCUT2D eigenvalue weighted by molar-refractivity contribution is 5.13. The molecule has 0 spiro atoms. The molecule has 1 fully saturated rings. The summed E-state index contributed by atoms with van der Waals surface area (Å²) in [5, 5.41) is 3.39. The number of piperazine rings is 1. The third kappa shape index (κ3) is 3.30. The second kappa shape index (κ2) is 5.99. The molecule has 0 radical (unpaired) electrons. The second-order valence-corrected chi connectivity index (χ2v) is 4.34. The molecule has 1 N–H and O–H groups in total. The van der Waals surface area contributed by atoms with Gasteiger partial charge in [0.05, 0.1) is 13.2 Å².